The van der Waals surface area contributed by atoms with Gasteiger partial charge in [-0.2, -0.15) is 0 Å². The van der Waals surface area contributed by atoms with Gasteiger partial charge in [-0.1, -0.05) is 30.0 Å². The number of hydrogen-bond acceptors (Lipinski definition) is 4. The molecule has 4 nitrogen and oxygen atoms in total. The Bertz CT molecular complexity index is 920. The minimum atomic E-state index is -0.352. The van der Waals surface area contributed by atoms with Gasteiger partial charge in [-0.15, -0.1) is 0 Å². The number of amides is 1. The number of nitrogens with zero attached hydrogens (tertiary/aromatic N) is 2. The van der Waals surface area contributed by atoms with E-state index in [1.165, 1.54) is 37.0 Å². The maximum Gasteiger partial charge on any atom is 0.414 e. The van der Waals surface area contributed by atoms with E-state index >= 15 is 0 Å². The molecule has 4 rings (SSSR count). The zero-order valence-electron chi connectivity index (χ0n) is 16.0. The summed E-state index contributed by atoms with van der Waals surface area (Å²) in [5, 5.41) is 0. The summed E-state index contributed by atoms with van der Waals surface area (Å²) in [4.78, 5) is 18.3. The molecule has 0 N–H and O–H groups in total. The molecule has 0 bridgehead atoms. The smallest absolute Gasteiger partial charge is 0.410 e. The first kappa shape index (κ1) is 18.1. The van der Waals surface area contributed by atoms with E-state index in [2.05, 4.69) is 42.3 Å². The van der Waals surface area contributed by atoms with Crippen molar-refractivity contribution in [3.63, 3.8) is 0 Å². The van der Waals surface area contributed by atoms with Crippen LogP contribution in [-0.2, 0) is 0 Å². The number of benzene rings is 2. The minimum Gasteiger partial charge on any atom is -0.410 e. The highest BCUT2D eigenvalue weighted by Crippen LogP contribution is 2.47. The molecule has 0 aromatic heterocycles. The van der Waals surface area contributed by atoms with E-state index in [0.29, 0.717) is 5.75 Å². The van der Waals surface area contributed by atoms with Crippen LogP contribution in [0.25, 0.3) is 11.1 Å². The first-order valence-corrected chi connectivity index (χ1v) is 10.1. The average Bonchev–Trinajstić information content (AvgIpc) is 2.92. The largest absolute Gasteiger partial charge is 0.414 e. The van der Waals surface area contributed by atoms with Gasteiger partial charge in [0.25, 0.3) is 0 Å². The van der Waals surface area contributed by atoms with Crippen LogP contribution in [0.5, 0.6) is 5.75 Å². The Kier molecular flexibility index (Phi) is 4.98. The van der Waals surface area contributed by atoms with Gasteiger partial charge in [0.05, 0.1) is 0 Å². The van der Waals surface area contributed by atoms with Gasteiger partial charge in [0.2, 0.25) is 0 Å². The van der Waals surface area contributed by atoms with Crippen LogP contribution in [0, 0.1) is 0 Å². The molecule has 0 spiro atoms. The summed E-state index contributed by atoms with van der Waals surface area (Å²) in [7, 11) is 5.57. The van der Waals surface area contributed by atoms with Gasteiger partial charge >= 0.3 is 6.09 Å². The zero-order valence-corrected chi connectivity index (χ0v) is 16.8. The van der Waals surface area contributed by atoms with E-state index in [0.717, 1.165) is 25.9 Å². The number of carbonyl (C=O) groups is 1. The second-order valence-corrected chi connectivity index (χ2v) is 8.36. The fraction of sp³-hybridized carbons (Fsp3) is 0.318. The second kappa shape index (κ2) is 7.41. The fourth-order valence-corrected chi connectivity index (χ4v) is 4.74. The van der Waals surface area contributed by atoms with Crippen molar-refractivity contribution in [3.8, 4) is 5.75 Å². The lowest BCUT2D eigenvalue weighted by Gasteiger charge is -2.16. The monoisotopic (exact) mass is 380 g/mol. The van der Waals surface area contributed by atoms with Gasteiger partial charge in [-0.05, 0) is 66.4 Å². The molecular formula is C22H24N2O2S. The zero-order chi connectivity index (χ0) is 19.0. The van der Waals surface area contributed by atoms with Gasteiger partial charge in [0, 0.05) is 37.0 Å². The van der Waals surface area contributed by atoms with Gasteiger partial charge in [-0.25, -0.2) is 4.79 Å². The highest BCUT2D eigenvalue weighted by atomic mass is 32.2. The van der Waals surface area contributed by atoms with E-state index in [1.807, 2.05) is 12.1 Å². The first-order chi connectivity index (χ1) is 13.0. The summed E-state index contributed by atoms with van der Waals surface area (Å²) in [6.07, 6.45) is 1.68. The second-order valence-electron chi connectivity index (χ2n) is 7.28. The predicted molar refractivity (Wildman–Crippen MR) is 110 cm³/mol. The third-order valence-corrected chi connectivity index (χ3v) is 6.28. The van der Waals surface area contributed by atoms with Gasteiger partial charge in [0.15, 0.2) is 0 Å². The first-order valence-electron chi connectivity index (χ1n) is 9.24. The predicted octanol–water partition coefficient (Wildman–Crippen LogP) is 4.85. The number of ether oxygens (including phenoxy) is 1. The Morgan fingerprint density at radius 1 is 1.00 bits per heavy atom. The van der Waals surface area contributed by atoms with Crippen molar-refractivity contribution in [2.45, 2.75) is 22.6 Å². The van der Waals surface area contributed by atoms with Crippen LogP contribution in [0.2, 0.25) is 0 Å². The van der Waals surface area contributed by atoms with Crippen molar-refractivity contribution in [2.24, 2.45) is 0 Å². The topological polar surface area (TPSA) is 32.8 Å². The lowest BCUT2D eigenvalue weighted by Crippen LogP contribution is -2.25. The average molecular weight is 381 g/mol. The van der Waals surface area contributed by atoms with Crippen molar-refractivity contribution in [1.82, 2.24) is 9.80 Å². The summed E-state index contributed by atoms with van der Waals surface area (Å²) >= 11 is 1.80. The summed E-state index contributed by atoms with van der Waals surface area (Å²) in [6, 6.07) is 14.7. The Morgan fingerprint density at radius 2 is 1.67 bits per heavy atom. The Balaban J connectivity index is 1.84. The van der Waals surface area contributed by atoms with Crippen LogP contribution in [0.4, 0.5) is 4.79 Å². The SMILES string of the molecule is CN1CCC2=C(CC1)c1cc(OC(=O)N(C)C)ccc1Sc1ccccc12. The van der Waals surface area contributed by atoms with Crippen LogP contribution in [-0.4, -0.2) is 50.1 Å². The third-order valence-electron chi connectivity index (χ3n) is 5.13. The molecule has 0 saturated carbocycles. The summed E-state index contributed by atoms with van der Waals surface area (Å²) < 4.78 is 5.54. The summed E-state index contributed by atoms with van der Waals surface area (Å²) in [6.45, 7) is 2.09. The van der Waals surface area contributed by atoms with Crippen molar-refractivity contribution in [3.05, 3.63) is 53.6 Å². The fourth-order valence-electron chi connectivity index (χ4n) is 3.63. The molecule has 5 heteroatoms. The molecular weight excluding hydrogens is 356 g/mol. The van der Waals surface area contributed by atoms with Crippen molar-refractivity contribution >= 4 is 29.0 Å². The Labute approximate surface area is 164 Å². The van der Waals surface area contributed by atoms with E-state index in [9.17, 15) is 4.79 Å². The molecule has 2 aliphatic rings. The summed E-state index contributed by atoms with van der Waals surface area (Å²) in [5.41, 5.74) is 5.35. The van der Waals surface area contributed by atoms with Gasteiger partial charge in [-0.3, -0.25) is 0 Å². The Hall–Kier alpha value is -2.24. The molecule has 0 aliphatic carbocycles. The summed E-state index contributed by atoms with van der Waals surface area (Å²) in [5.74, 6) is 0.600. The van der Waals surface area contributed by atoms with Gasteiger partial charge in [0.1, 0.15) is 5.75 Å². The van der Waals surface area contributed by atoms with Crippen LogP contribution in [0.15, 0.2) is 52.3 Å². The van der Waals surface area contributed by atoms with E-state index in [-0.39, 0.29) is 6.09 Å². The van der Waals surface area contributed by atoms with Crippen molar-refractivity contribution < 1.29 is 9.53 Å². The molecule has 1 amide bonds. The van der Waals surface area contributed by atoms with E-state index < -0.39 is 0 Å². The molecule has 2 aliphatic heterocycles. The van der Waals surface area contributed by atoms with Crippen LogP contribution in [0.3, 0.4) is 0 Å². The number of hydrogen-bond donors (Lipinski definition) is 0. The maximum absolute atomic E-state index is 12.0. The Morgan fingerprint density at radius 3 is 2.41 bits per heavy atom. The van der Waals surface area contributed by atoms with Crippen molar-refractivity contribution in [2.75, 3.05) is 34.2 Å². The van der Waals surface area contributed by atoms with Crippen LogP contribution in [0.1, 0.15) is 24.0 Å². The highest BCUT2D eigenvalue weighted by molar-refractivity contribution is 7.99. The highest BCUT2D eigenvalue weighted by Gasteiger charge is 2.25. The molecule has 2 aromatic rings. The molecule has 140 valence electrons. The molecule has 27 heavy (non-hydrogen) atoms. The lowest BCUT2D eigenvalue weighted by atomic mass is 9.91. The third kappa shape index (κ3) is 3.62. The number of fused-ring (bicyclic) bond motifs is 4. The minimum absolute atomic E-state index is 0.352. The van der Waals surface area contributed by atoms with Gasteiger partial charge < -0.3 is 14.5 Å². The molecule has 0 radical (unpaired) electrons. The molecule has 2 aromatic carbocycles. The normalized spacial score (nSPS) is 16.6. The number of carbonyl (C=O) groups excluding carboxylic acids is 1. The van der Waals surface area contributed by atoms with E-state index in [1.54, 1.807) is 25.9 Å². The quantitative estimate of drug-likeness (QED) is 0.708. The molecule has 0 unspecified atom stereocenters. The van der Waals surface area contributed by atoms with Crippen molar-refractivity contribution in [1.29, 1.82) is 0 Å². The van der Waals surface area contributed by atoms with Crippen LogP contribution >= 0.6 is 11.8 Å². The van der Waals surface area contributed by atoms with E-state index in [4.69, 9.17) is 4.74 Å². The number of rotatable bonds is 1. The molecule has 0 atom stereocenters. The van der Waals surface area contributed by atoms with Crippen LogP contribution < -0.4 is 4.74 Å². The standard InChI is InChI=1S/C22H24N2O2S/c1-23(2)22(25)26-15-8-9-21-19(14-15)17-11-13-24(3)12-10-16(17)18-6-4-5-7-20(18)27-21/h4-9,14H,10-13H2,1-3H3. The lowest BCUT2D eigenvalue weighted by molar-refractivity contribution is 0.172. The molecule has 0 saturated heterocycles. The molecule has 0 fully saturated rings. The maximum atomic E-state index is 12.0. The molecule has 2 heterocycles.